The summed E-state index contributed by atoms with van der Waals surface area (Å²) in [5, 5.41) is 13.8. The van der Waals surface area contributed by atoms with Crippen LogP contribution in [0.15, 0.2) is 6.20 Å². The van der Waals surface area contributed by atoms with Gasteiger partial charge in [0.25, 0.3) is 0 Å². The van der Waals surface area contributed by atoms with E-state index in [0.717, 1.165) is 32.5 Å². The van der Waals surface area contributed by atoms with Crippen molar-refractivity contribution < 1.29 is 5.11 Å². The molecular formula is C12H20IN3O. The molecule has 0 radical (unpaired) electrons. The Morgan fingerprint density at radius 1 is 1.53 bits per heavy atom. The van der Waals surface area contributed by atoms with Gasteiger partial charge in [0, 0.05) is 25.2 Å². The summed E-state index contributed by atoms with van der Waals surface area (Å²) in [6, 6.07) is 0.529. The molecular weight excluding hydrogens is 329 g/mol. The lowest BCUT2D eigenvalue weighted by Gasteiger charge is -2.33. The molecule has 1 aromatic rings. The highest BCUT2D eigenvalue weighted by atomic mass is 127. The maximum atomic E-state index is 9.37. The highest BCUT2D eigenvalue weighted by Gasteiger charge is 2.23. The number of nitrogens with zero attached hydrogens (tertiary/aromatic N) is 3. The predicted octanol–water partition coefficient (Wildman–Crippen LogP) is 1.81. The number of rotatable bonds is 3. The number of hydrogen-bond donors (Lipinski definition) is 1. The Bertz CT molecular complexity index is 370. The lowest BCUT2D eigenvalue weighted by molar-refractivity contribution is 0.0991. The molecule has 1 fully saturated rings. The van der Waals surface area contributed by atoms with Crippen molar-refractivity contribution in [3.63, 3.8) is 0 Å². The highest BCUT2D eigenvalue weighted by Crippen LogP contribution is 2.25. The van der Waals surface area contributed by atoms with E-state index in [1.165, 1.54) is 9.26 Å². The lowest BCUT2D eigenvalue weighted by atomic mass is 10.1. The Labute approximate surface area is 116 Å². The fraction of sp³-hybridized carbons (Fsp3) is 0.750. The summed E-state index contributed by atoms with van der Waals surface area (Å²) in [6.45, 7) is 6.87. The van der Waals surface area contributed by atoms with Gasteiger partial charge in [-0.2, -0.15) is 5.10 Å². The van der Waals surface area contributed by atoms with Crippen molar-refractivity contribution in [2.24, 2.45) is 0 Å². The second-order valence-corrected chi connectivity index (χ2v) is 5.97. The molecule has 0 aromatic carbocycles. The standard InChI is InChI=1S/C12H20IN3O/c1-9-7-14-16(12(9)13)11-3-5-15(6-4-11)8-10(2)17/h7,10-11,17H,3-6,8H2,1-2H3/t10-/m0/s1. The predicted molar refractivity (Wildman–Crippen MR) is 76.1 cm³/mol. The van der Waals surface area contributed by atoms with Crippen LogP contribution in [-0.4, -0.2) is 45.5 Å². The average Bonchev–Trinajstić information content (AvgIpc) is 2.60. The minimum absolute atomic E-state index is 0.223. The number of aromatic nitrogens is 2. The third-order valence-corrected chi connectivity index (χ3v) is 4.67. The van der Waals surface area contributed by atoms with Crippen LogP contribution in [0.4, 0.5) is 0 Å². The average molecular weight is 349 g/mol. The molecule has 1 N–H and O–H groups in total. The molecule has 5 heteroatoms. The summed E-state index contributed by atoms with van der Waals surface area (Å²) in [5.41, 5.74) is 1.26. The molecule has 0 spiro atoms. The number of hydrogen-bond acceptors (Lipinski definition) is 3. The molecule has 1 saturated heterocycles. The van der Waals surface area contributed by atoms with E-state index in [9.17, 15) is 5.11 Å². The molecule has 17 heavy (non-hydrogen) atoms. The third kappa shape index (κ3) is 3.20. The van der Waals surface area contributed by atoms with E-state index in [2.05, 4.69) is 44.2 Å². The fourth-order valence-corrected chi connectivity index (χ4v) is 3.07. The summed E-state index contributed by atoms with van der Waals surface area (Å²) in [5.74, 6) is 0. The first-order valence-electron chi connectivity index (χ1n) is 6.18. The van der Waals surface area contributed by atoms with Crippen molar-refractivity contribution in [2.75, 3.05) is 19.6 Å². The summed E-state index contributed by atoms with van der Waals surface area (Å²) < 4.78 is 3.42. The van der Waals surface area contributed by atoms with Gasteiger partial charge in [-0.1, -0.05) is 0 Å². The number of likely N-dealkylation sites (tertiary alicyclic amines) is 1. The molecule has 0 saturated carbocycles. The summed E-state index contributed by atoms with van der Waals surface area (Å²) in [4.78, 5) is 2.34. The smallest absolute Gasteiger partial charge is 0.102 e. The molecule has 2 rings (SSSR count). The zero-order valence-corrected chi connectivity index (χ0v) is 12.6. The van der Waals surface area contributed by atoms with Crippen molar-refractivity contribution in [1.29, 1.82) is 0 Å². The van der Waals surface area contributed by atoms with Gasteiger partial charge in [-0.05, 0) is 49.3 Å². The van der Waals surface area contributed by atoms with Gasteiger partial charge in [0.15, 0.2) is 0 Å². The molecule has 1 atom stereocenters. The van der Waals surface area contributed by atoms with E-state index in [4.69, 9.17) is 0 Å². The SMILES string of the molecule is Cc1cnn(C2CCN(C[C@H](C)O)CC2)c1I. The first kappa shape index (κ1) is 13.3. The molecule has 1 aromatic heterocycles. The zero-order valence-electron chi connectivity index (χ0n) is 10.4. The quantitative estimate of drug-likeness (QED) is 0.847. The van der Waals surface area contributed by atoms with Crippen LogP contribution in [0.1, 0.15) is 31.4 Å². The molecule has 0 unspecified atom stereocenters. The molecule has 4 nitrogen and oxygen atoms in total. The zero-order chi connectivity index (χ0) is 12.4. The Morgan fingerprint density at radius 2 is 2.18 bits per heavy atom. The second-order valence-electron chi connectivity index (χ2n) is 4.94. The van der Waals surface area contributed by atoms with Crippen molar-refractivity contribution in [2.45, 2.75) is 38.8 Å². The normalized spacial score (nSPS) is 20.7. The highest BCUT2D eigenvalue weighted by molar-refractivity contribution is 14.1. The Morgan fingerprint density at radius 3 is 2.65 bits per heavy atom. The summed E-state index contributed by atoms with van der Waals surface area (Å²) >= 11 is 2.37. The van der Waals surface area contributed by atoms with Gasteiger partial charge < -0.3 is 10.0 Å². The van der Waals surface area contributed by atoms with Crippen LogP contribution in [0.25, 0.3) is 0 Å². The largest absolute Gasteiger partial charge is 0.392 e. The van der Waals surface area contributed by atoms with E-state index in [0.29, 0.717) is 6.04 Å². The molecule has 96 valence electrons. The first-order chi connectivity index (χ1) is 8.08. The van der Waals surface area contributed by atoms with Crippen molar-refractivity contribution in [3.8, 4) is 0 Å². The van der Waals surface area contributed by atoms with E-state index >= 15 is 0 Å². The maximum absolute atomic E-state index is 9.37. The van der Waals surface area contributed by atoms with Crippen LogP contribution in [-0.2, 0) is 0 Å². The molecule has 0 aliphatic carbocycles. The number of piperidine rings is 1. The third-order valence-electron chi connectivity index (χ3n) is 3.33. The first-order valence-corrected chi connectivity index (χ1v) is 7.26. The second kappa shape index (κ2) is 5.67. The van der Waals surface area contributed by atoms with Crippen LogP contribution in [0.2, 0.25) is 0 Å². The summed E-state index contributed by atoms with van der Waals surface area (Å²) in [7, 11) is 0. The molecule has 0 bridgehead atoms. The number of aliphatic hydroxyl groups excluding tert-OH is 1. The van der Waals surface area contributed by atoms with Crippen LogP contribution < -0.4 is 0 Å². The van der Waals surface area contributed by atoms with E-state index in [1.807, 2.05) is 13.1 Å². The number of halogens is 1. The van der Waals surface area contributed by atoms with Gasteiger partial charge in [0.05, 0.1) is 18.3 Å². The summed E-state index contributed by atoms with van der Waals surface area (Å²) in [6.07, 6.45) is 3.98. The number of β-amino-alcohol motifs (C(OH)–C–C–N with tert-alkyl or cyclic N) is 1. The monoisotopic (exact) mass is 349 g/mol. The van der Waals surface area contributed by atoms with Gasteiger partial charge in [-0.3, -0.25) is 4.68 Å². The minimum atomic E-state index is -0.223. The molecule has 1 aliphatic heterocycles. The van der Waals surface area contributed by atoms with Crippen LogP contribution in [0, 0.1) is 10.6 Å². The van der Waals surface area contributed by atoms with Gasteiger partial charge in [-0.15, -0.1) is 0 Å². The van der Waals surface area contributed by atoms with E-state index in [-0.39, 0.29) is 6.10 Å². The molecule has 0 amide bonds. The minimum Gasteiger partial charge on any atom is -0.392 e. The molecule has 2 heterocycles. The number of aliphatic hydroxyl groups is 1. The van der Waals surface area contributed by atoms with Crippen molar-refractivity contribution in [1.82, 2.24) is 14.7 Å². The fourth-order valence-electron chi connectivity index (χ4n) is 2.41. The Kier molecular flexibility index (Phi) is 4.43. The van der Waals surface area contributed by atoms with Gasteiger partial charge in [0.2, 0.25) is 0 Å². The topological polar surface area (TPSA) is 41.3 Å². The van der Waals surface area contributed by atoms with Gasteiger partial charge >= 0.3 is 0 Å². The van der Waals surface area contributed by atoms with Crippen LogP contribution in [0.3, 0.4) is 0 Å². The van der Waals surface area contributed by atoms with Gasteiger partial charge in [-0.25, -0.2) is 0 Å². The van der Waals surface area contributed by atoms with E-state index in [1.54, 1.807) is 0 Å². The van der Waals surface area contributed by atoms with Crippen molar-refractivity contribution >= 4 is 22.6 Å². The Hall–Kier alpha value is -0.140. The van der Waals surface area contributed by atoms with Crippen molar-refractivity contribution in [3.05, 3.63) is 15.5 Å². The van der Waals surface area contributed by atoms with Crippen LogP contribution in [0.5, 0.6) is 0 Å². The van der Waals surface area contributed by atoms with E-state index < -0.39 is 0 Å². The van der Waals surface area contributed by atoms with Gasteiger partial charge in [0.1, 0.15) is 3.70 Å². The number of aryl methyl sites for hydroxylation is 1. The van der Waals surface area contributed by atoms with Crippen LogP contribution >= 0.6 is 22.6 Å². The Balaban J connectivity index is 1.93. The maximum Gasteiger partial charge on any atom is 0.102 e. The lowest BCUT2D eigenvalue weighted by Crippen LogP contribution is -2.39. The molecule has 1 aliphatic rings.